The van der Waals surface area contributed by atoms with Crippen molar-refractivity contribution in [1.29, 1.82) is 0 Å². The normalized spacial score (nSPS) is 17.4. The van der Waals surface area contributed by atoms with Crippen LogP contribution in [0.15, 0.2) is 10.5 Å². The highest BCUT2D eigenvalue weighted by Gasteiger charge is 2.39. The highest BCUT2D eigenvalue weighted by atomic mass is 79.9. The first-order chi connectivity index (χ1) is 9.94. The van der Waals surface area contributed by atoms with Crippen LogP contribution in [0.25, 0.3) is 0 Å². The van der Waals surface area contributed by atoms with E-state index in [1.165, 1.54) is 13.5 Å². The molecule has 0 spiro atoms. The second-order valence-electron chi connectivity index (χ2n) is 5.33. The van der Waals surface area contributed by atoms with Crippen LogP contribution >= 0.6 is 36.8 Å². The summed E-state index contributed by atoms with van der Waals surface area (Å²) in [4.78, 5) is 13.1. The maximum absolute atomic E-state index is 13.1. The summed E-state index contributed by atoms with van der Waals surface area (Å²) in [6, 6.07) is 1.69. The highest BCUT2D eigenvalue weighted by Crippen LogP contribution is 2.47. The Morgan fingerprint density at radius 3 is 2.33 bits per heavy atom. The average molecular weight is 394 g/mol. The number of ether oxygens (including phenoxy) is 2. The standard InChI is InChI=1S/C15H19BrClO3P/c1-19-12-9(16)8-10(17)13(20-2)11(12)14(18)15(21)6-4-3-5-7-15/h8H,3-7,21H2,1-2H3. The van der Waals surface area contributed by atoms with Gasteiger partial charge in [0, 0.05) is 5.16 Å². The van der Waals surface area contributed by atoms with E-state index in [4.69, 9.17) is 21.1 Å². The van der Waals surface area contributed by atoms with E-state index in [9.17, 15) is 4.79 Å². The van der Waals surface area contributed by atoms with Gasteiger partial charge in [-0.05, 0) is 34.8 Å². The van der Waals surface area contributed by atoms with E-state index in [1.54, 1.807) is 13.2 Å². The lowest BCUT2D eigenvalue weighted by Gasteiger charge is -2.32. The van der Waals surface area contributed by atoms with E-state index in [2.05, 4.69) is 25.2 Å². The van der Waals surface area contributed by atoms with Gasteiger partial charge in [0.1, 0.15) is 11.3 Å². The Labute approximate surface area is 141 Å². The van der Waals surface area contributed by atoms with Gasteiger partial charge in [0.05, 0.1) is 23.7 Å². The van der Waals surface area contributed by atoms with Gasteiger partial charge < -0.3 is 9.47 Å². The molecule has 0 aliphatic heterocycles. The molecular formula is C15H19BrClO3P. The fraction of sp³-hybridized carbons (Fsp3) is 0.533. The molecule has 0 bridgehead atoms. The minimum absolute atomic E-state index is 0.0177. The summed E-state index contributed by atoms with van der Waals surface area (Å²) >= 11 is 9.63. The Kier molecular flexibility index (Phi) is 5.56. The number of Topliss-reactive ketones (excluding diaryl/α,β-unsaturated/α-hetero) is 1. The zero-order valence-electron chi connectivity index (χ0n) is 12.2. The largest absolute Gasteiger partial charge is 0.495 e. The van der Waals surface area contributed by atoms with Crippen LogP contribution in [0.4, 0.5) is 0 Å². The van der Waals surface area contributed by atoms with Gasteiger partial charge in [-0.3, -0.25) is 4.79 Å². The highest BCUT2D eigenvalue weighted by molar-refractivity contribution is 9.10. The van der Waals surface area contributed by atoms with Crippen LogP contribution in [0.1, 0.15) is 42.5 Å². The van der Waals surface area contributed by atoms with Crippen LogP contribution in [-0.2, 0) is 0 Å². The maximum atomic E-state index is 13.1. The molecule has 1 aliphatic rings. The van der Waals surface area contributed by atoms with E-state index in [0.29, 0.717) is 26.6 Å². The van der Waals surface area contributed by atoms with Crippen molar-refractivity contribution in [2.45, 2.75) is 37.3 Å². The summed E-state index contributed by atoms with van der Waals surface area (Å²) in [5.41, 5.74) is 0.427. The summed E-state index contributed by atoms with van der Waals surface area (Å²) in [5.74, 6) is 0.881. The number of ketones is 1. The zero-order chi connectivity index (χ0) is 15.6. The Morgan fingerprint density at radius 2 is 1.81 bits per heavy atom. The quantitative estimate of drug-likeness (QED) is 0.540. The summed E-state index contributed by atoms with van der Waals surface area (Å²) in [5, 5.41) is -0.0546. The Balaban J connectivity index is 2.58. The molecule has 1 unspecified atom stereocenters. The molecule has 1 fully saturated rings. The smallest absolute Gasteiger partial charge is 0.180 e. The molecule has 1 aliphatic carbocycles. The molecule has 1 saturated carbocycles. The number of carbonyl (C=O) groups is 1. The number of benzene rings is 1. The first-order valence-electron chi connectivity index (χ1n) is 6.88. The number of hydrogen-bond donors (Lipinski definition) is 0. The molecule has 21 heavy (non-hydrogen) atoms. The summed E-state index contributed by atoms with van der Waals surface area (Å²) in [6.45, 7) is 0. The van der Waals surface area contributed by atoms with Gasteiger partial charge in [-0.25, -0.2) is 0 Å². The Morgan fingerprint density at radius 1 is 1.24 bits per heavy atom. The van der Waals surface area contributed by atoms with Crippen molar-refractivity contribution in [3.05, 3.63) is 21.1 Å². The van der Waals surface area contributed by atoms with Crippen LogP contribution in [0.5, 0.6) is 11.5 Å². The fourth-order valence-corrected chi connectivity index (χ4v) is 4.40. The molecule has 0 radical (unpaired) electrons. The van der Waals surface area contributed by atoms with Crippen molar-refractivity contribution in [2.24, 2.45) is 0 Å². The molecular weight excluding hydrogens is 374 g/mol. The molecule has 0 aromatic heterocycles. The third-order valence-electron chi connectivity index (χ3n) is 3.97. The number of carbonyl (C=O) groups excluding carboxylic acids is 1. The van der Waals surface area contributed by atoms with E-state index >= 15 is 0 Å². The van der Waals surface area contributed by atoms with Gasteiger partial charge >= 0.3 is 0 Å². The van der Waals surface area contributed by atoms with Crippen molar-refractivity contribution in [1.82, 2.24) is 0 Å². The molecule has 1 aromatic rings. The third kappa shape index (κ3) is 3.23. The number of halogens is 2. The van der Waals surface area contributed by atoms with E-state index in [0.717, 1.165) is 25.7 Å². The lowest BCUT2D eigenvalue weighted by Crippen LogP contribution is -2.34. The van der Waals surface area contributed by atoms with Crippen molar-refractivity contribution in [3.63, 3.8) is 0 Å². The van der Waals surface area contributed by atoms with Gasteiger partial charge in [-0.1, -0.05) is 30.9 Å². The second-order valence-corrected chi connectivity index (χ2v) is 7.69. The molecule has 116 valence electrons. The van der Waals surface area contributed by atoms with Crippen molar-refractivity contribution in [2.75, 3.05) is 14.2 Å². The van der Waals surface area contributed by atoms with Crippen LogP contribution < -0.4 is 9.47 Å². The van der Waals surface area contributed by atoms with Crippen LogP contribution in [-0.4, -0.2) is 25.2 Å². The summed E-state index contributed by atoms with van der Waals surface area (Å²) in [7, 11) is 5.81. The van der Waals surface area contributed by atoms with Gasteiger partial charge in [-0.15, -0.1) is 9.24 Å². The summed E-state index contributed by atoms with van der Waals surface area (Å²) in [6.07, 6.45) is 5.00. The predicted molar refractivity (Wildman–Crippen MR) is 92.1 cm³/mol. The molecule has 6 heteroatoms. The molecule has 1 atom stereocenters. The maximum Gasteiger partial charge on any atom is 0.180 e. The van der Waals surface area contributed by atoms with Gasteiger partial charge in [-0.2, -0.15) is 0 Å². The molecule has 2 rings (SSSR count). The minimum atomic E-state index is -0.455. The second kappa shape index (κ2) is 6.85. The number of hydrogen-bond acceptors (Lipinski definition) is 3. The van der Waals surface area contributed by atoms with Crippen LogP contribution in [0, 0.1) is 0 Å². The first-order valence-corrected chi connectivity index (χ1v) is 8.63. The Hall–Kier alpha value is -0.310. The molecule has 0 N–H and O–H groups in total. The van der Waals surface area contributed by atoms with Gasteiger partial charge in [0.25, 0.3) is 0 Å². The monoisotopic (exact) mass is 392 g/mol. The van der Waals surface area contributed by atoms with Crippen molar-refractivity contribution in [3.8, 4) is 11.5 Å². The van der Waals surface area contributed by atoms with Crippen LogP contribution in [0.2, 0.25) is 5.02 Å². The SMILES string of the molecule is COc1c(Cl)cc(Br)c(OC)c1C(=O)C1(P)CCCCC1. The zero-order valence-corrected chi connectivity index (χ0v) is 15.7. The average Bonchev–Trinajstić information content (AvgIpc) is 2.46. The molecule has 0 saturated heterocycles. The van der Waals surface area contributed by atoms with Gasteiger partial charge in [0.2, 0.25) is 0 Å². The first kappa shape index (κ1) is 17.1. The number of methoxy groups -OCH3 is 2. The summed E-state index contributed by atoms with van der Waals surface area (Å²) < 4.78 is 11.4. The molecule has 0 heterocycles. The third-order valence-corrected chi connectivity index (χ3v) is 5.68. The van der Waals surface area contributed by atoms with E-state index in [-0.39, 0.29) is 5.78 Å². The predicted octanol–water partition coefficient (Wildman–Crippen LogP) is 4.88. The molecule has 3 nitrogen and oxygen atoms in total. The minimum Gasteiger partial charge on any atom is -0.495 e. The van der Waals surface area contributed by atoms with Crippen LogP contribution in [0.3, 0.4) is 0 Å². The Bertz CT molecular complexity index is 528. The van der Waals surface area contributed by atoms with Gasteiger partial charge in [0.15, 0.2) is 11.5 Å². The fourth-order valence-electron chi connectivity index (χ4n) is 2.85. The van der Waals surface area contributed by atoms with E-state index in [1.807, 2.05) is 0 Å². The van der Waals surface area contributed by atoms with E-state index < -0.39 is 5.16 Å². The molecule has 1 aromatic carbocycles. The topological polar surface area (TPSA) is 35.5 Å². The van der Waals surface area contributed by atoms with Crippen molar-refractivity contribution < 1.29 is 14.3 Å². The van der Waals surface area contributed by atoms with Crippen molar-refractivity contribution >= 4 is 42.6 Å². The lowest BCUT2D eigenvalue weighted by atomic mass is 9.82. The number of rotatable bonds is 4. The molecule has 0 amide bonds. The lowest BCUT2D eigenvalue weighted by molar-refractivity contribution is 0.0911.